The second-order valence-corrected chi connectivity index (χ2v) is 5.61. The first kappa shape index (κ1) is 14.1. The highest BCUT2D eigenvalue weighted by Gasteiger charge is 2.21. The van der Waals surface area contributed by atoms with Crippen LogP contribution in [0.1, 0.15) is 24.3 Å². The van der Waals surface area contributed by atoms with Gasteiger partial charge in [0, 0.05) is 30.6 Å². The lowest BCUT2D eigenvalue weighted by Gasteiger charge is -2.10. The molecule has 1 heterocycles. The van der Waals surface area contributed by atoms with E-state index in [2.05, 4.69) is 15.9 Å². The zero-order chi connectivity index (χ0) is 13.8. The predicted octanol–water partition coefficient (Wildman–Crippen LogP) is 0.462. The van der Waals surface area contributed by atoms with E-state index in [0.29, 0.717) is 12.0 Å². The molecule has 7 heteroatoms. The van der Waals surface area contributed by atoms with Crippen molar-refractivity contribution < 1.29 is 18.3 Å². The van der Waals surface area contributed by atoms with Crippen LogP contribution in [0.3, 0.4) is 0 Å². The number of rotatable bonds is 5. The highest BCUT2D eigenvalue weighted by atomic mass is 32.2. The molecule has 1 unspecified atom stereocenters. The van der Waals surface area contributed by atoms with Crippen molar-refractivity contribution in [3.8, 4) is 12.3 Å². The van der Waals surface area contributed by atoms with Crippen LogP contribution in [0.4, 0.5) is 0 Å². The van der Waals surface area contributed by atoms with Crippen molar-refractivity contribution >= 4 is 15.8 Å². The molecule has 0 aliphatic rings. The van der Waals surface area contributed by atoms with E-state index in [9.17, 15) is 13.2 Å². The maximum Gasteiger partial charge on any atom is 0.311 e. The maximum atomic E-state index is 11.2. The lowest BCUT2D eigenvalue weighted by molar-refractivity contribution is -0.138. The molecule has 0 aromatic carbocycles. The number of sulfone groups is 1. The van der Waals surface area contributed by atoms with Crippen molar-refractivity contribution in [1.82, 2.24) is 9.97 Å². The lowest BCUT2D eigenvalue weighted by atomic mass is 9.97. The number of terminal acetylenes is 1. The topological polar surface area (TPSA) is 97.2 Å². The van der Waals surface area contributed by atoms with Crippen LogP contribution in [0.15, 0.2) is 17.6 Å². The number of hydrogen-bond acceptors (Lipinski definition) is 5. The Morgan fingerprint density at radius 2 is 2.06 bits per heavy atom. The Kier molecular flexibility index (Phi) is 4.39. The van der Waals surface area contributed by atoms with E-state index in [1.54, 1.807) is 0 Å². The van der Waals surface area contributed by atoms with E-state index >= 15 is 0 Å². The standard InChI is InChI=1S/C11H12N2O4S/c1-3-4-5-9(10(14)15)8-6-12-11(13-7-8)18(2,16)17/h1,6-7,9H,4-5H2,2H3,(H,14,15). The van der Waals surface area contributed by atoms with Crippen LogP contribution in [0, 0.1) is 12.3 Å². The van der Waals surface area contributed by atoms with Crippen LogP contribution in [0.2, 0.25) is 0 Å². The summed E-state index contributed by atoms with van der Waals surface area (Å²) in [4.78, 5) is 18.3. The minimum absolute atomic E-state index is 0.257. The molecule has 0 aliphatic carbocycles. The zero-order valence-corrected chi connectivity index (χ0v) is 10.5. The summed E-state index contributed by atoms with van der Waals surface area (Å²) in [7, 11) is -3.48. The Morgan fingerprint density at radius 3 is 2.44 bits per heavy atom. The Labute approximate surface area is 105 Å². The first-order valence-corrected chi connectivity index (χ1v) is 6.93. The van der Waals surface area contributed by atoms with Gasteiger partial charge in [0.1, 0.15) is 0 Å². The van der Waals surface area contributed by atoms with Gasteiger partial charge in [-0.1, -0.05) is 0 Å². The molecular weight excluding hydrogens is 256 g/mol. The minimum Gasteiger partial charge on any atom is -0.481 e. The fourth-order valence-electron chi connectivity index (χ4n) is 1.36. The normalized spacial score (nSPS) is 12.7. The summed E-state index contributed by atoms with van der Waals surface area (Å²) < 4.78 is 22.3. The molecule has 0 saturated carbocycles. The smallest absolute Gasteiger partial charge is 0.311 e. The highest BCUT2D eigenvalue weighted by molar-refractivity contribution is 7.90. The number of aromatic nitrogens is 2. The average Bonchev–Trinajstić information content (AvgIpc) is 2.28. The van der Waals surface area contributed by atoms with Gasteiger partial charge in [0.05, 0.1) is 5.92 Å². The van der Waals surface area contributed by atoms with Gasteiger partial charge in [-0.05, 0) is 6.42 Å². The van der Waals surface area contributed by atoms with Gasteiger partial charge in [-0.15, -0.1) is 12.3 Å². The van der Waals surface area contributed by atoms with E-state index in [-0.39, 0.29) is 11.6 Å². The van der Waals surface area contributed by atoms with Crippen LogP contribution in [0.25, 0.3) is 0 Å². The van der Waals surface area contributed by atoms with Gasteiger partial charge in [0.25, 0.3) is 0 Å². The third kappa shape index (κ3) is 3.53. The summed E-state index contributed by atoms with van der Waals surface area (Å²) in [5, 5.41) is 8.71. The summed E-state index contributed by atoms with van der Waals surface area (Å²) in [5.41, 5.74) is 0.338. The molecule has 0 saturated heterocycles. The first-order chi connectivity index (χ1) is 8.36. The summed E-state index contributed by atoms with van der Waals surface area (Å²) in [6, 6.07) is 0. The van der Waals surface area contributed by atoms with Gasteiger partial charge in [-0.25, -0.2) is 18.4 Å². The molecular formula is C11H12N2O4S. The van der Waals surface area contributed by atoms with Crippen LogP contribution in [0.5, 0.6) is 0 Å². The fraction of sp³-hybridized carbons (Fsp3) is 0.364. The molecule has 0 bridgehead atoms. The van der Waals surface area contributed by atoms with Crippen molar-refractivity contribution in [2.75, 3.05) is 6.26 Å². The molecule has 1 N–H and O–H groups in total. The van der Waals surface area contributed by atoms with Crippen molar-refractivity contribution in [3.05, 3.63) is 18.0 Å². The Morgan fingerprint density at radius 1 is 1.50 bits per heavy atom. The second-order valence-electron chi connectivity index (χ2n) is 3.70. The van der Waals surface area contributed by atoms with E-state index in [1.165, 1.54) is 12.4 Å². The molecule has 6 nitrogen and oxygen atoms in total. The number of carboxylic acid groups (broad SMARTS) is 1. The summed E-state index contributed by atoms with van der Waals surface area (Å²) in [6.45, 7) is 0. The summed E-state index contributed by atoms with van der Waals surface area (Å²) in [5.74, 6) is 0.493. The zero-order valence-electron chi connectivity index (χ0n) is 9.70. The van der Waals surface area contributed by atoms with Gasteiger partial charge in [-0.3, -0.25) is 4.79 Å². The molecule has 96 valence electrons. The van der Waals surface area contributed by atoms with Crippen molar-refractivity contribution in [1.29, 1.82) is 0 Å². The number of nitrogens with zero attached hydrogens (tertiary/aromatic N) is 2. The van der Waals surface area contributed by atoms with E-state index in [1.807, 2.05) is 0 Å². The number of aliphatic carboxylic acids is 1. The van der Waals surface area contributed by atoms with Gasteiger partial charge < -0.3 is 5.11 Å². The average molecular weight is 268 g/mol. The van der Waals surface area contributed by atoms with E-state index < -0.39 is 21.7 Å². The van der Waals surface area contributed by atoms with Crippen LogP contribution in [-0.2, 0) is 14.6 Å². The van der Waals surface area contributed by atoms with Crippen molar-refractivity contribution in [2.24, 2.45) is 0 Å². The Bertz CT molecular complexity index is 572. The molecule has 0 radical (unpaired) electrons. The van der Waals surface area contributed by atoms with Gasteiger partial charge in [0.2, 0.25) is 15.0 Å². The molecule has 0 aliphatic heterocycles. The van der Waals surface area contributed by atoms with E-state index in [4.69, 9.17) is 11.5 Å². The molecule has 0 spiro atoms. The van der Waals surface area contributed by atoms with Crippen molar-refractivity contribution in [3.63, 3.8) is 0 Å². The lowest BCUT2D eigenvalue weighted by Crippen LogP contribution is -2.13. The molecule has 1 rings (SSSR count). The highest BCUT2D eigenvalue weighted by Crippen LogP contribution is 2.20. The number of hydrogen-bond donors (Lipinski definition) is 1. The largest absolute Gasteiger partial charge is 0.481 e. The first-order valence-electron chi connectivity index (χ1n) is 5.04. The van der Waals surface area contributed by atoms with Gasteiger partial charge in [-0.2, -0.15) is 0 Å². The molecule has 1 aromatic rings. The Balaban J connectivity index is 3.02. The molecule has 0 fully saturated rings. The third-order valence-electron chi connectivity index (χ3n) is 2.26. The maximum absolute atomic E-state index is 11.2. The van der Waals surface area contributed by atoms with Crippen LogP contribution < -0.4 is 0 Å². The number of carbonyl (C=O) groups is 1. The molecule has 18 heavy (non-hydrogen) atoms. The monoisotopic (exact) mass is 268 g/mol. The molecule has 1 aromatic heterocycles. The second kappa shape index (κ2) is 5.60. The van der Waals surface area contributed by atoms with Gasteiger partial charge >= 0.3 is 5.97 Å². The van der Waals surface area contributed by atoms with Crippen LogP contribution in [-0.4, -0.2) is 35.7 Å². The molecule has 0 amide bonds. The van der Waals surface area contributed by atoms with Crippen molar-refractivity contribution in [2.45, 2.75) is 23.9 Å². The van der Waals surface area contributed by atoms with Crippen LogP contribution >= 0.6 is 0 Å². The van der Waals surface area contributed by atoms with E-state index in [0.717, 1.165) is 6.26 Å². The SMILES string of the molecule is C#CCCC(C(=O)O)c1cnc(S(C)(=O)=O)nc1. The van der Waals surface area contributed by atoms with Gasteiger partial charge in [0.15, 0.2) is 0 Å². The third-order valence-corrected chi connectivity index (χ3v) is 3.13. The fourth-order valence-corrected chi connectivity index (χ4v) is 1.85. The quantitative estimate of drug-likeness (QED) is 0.615. The Hall–Kier alpha value is -1.94. The predicted molar refractivity (Wildman–Crippen MR) is 63.6 cm³/mol. The molecule has 1 atom stereocenters. The summed E-state index contributed by atoms with van der Waals surface area (Å²) in [6.07, 6.45) is 9.05. The summed E-state index contributed by atoms with van der Waals surface area (Å²) >= 11 is 0. The number of carboxylic acids is 1. The minimum atomic E-state index is -3.48.